The van der Waals surface area contributed by atoms with Crippen molar-refractivity contribution in [3.63, 3.8) is 0 Å². The van der Waals surface area contributed by atoms with E-state index in [2.05, 4.69) is 4.98 Å². The summed E-state index contributed by atoms with van der Waals surface area (Å²) in [5.74, 6) is 0.399. The molecule has 1 atom stereocenters. The highest BCUT2D eigenvalue weighted by Crippen LogP contribution is 2.19. The number of likely N-dealkylation sites (N-methyl/N-ethyl adjacent to an activating group) is 1. The minimum atomic E-state index is -0.588. The van der Waals surface area contributed by atoms with Gasteiger partial charge in [0.05, 0.1) is 6.61 Å². The Morgan fingerprint density at radius 1 is 1.42 bits per heavy atom. The van der Waals surface area contributed by atoms with Gasteiger partial charge in [-0.1, -0.05) is 0 Å². The molecule has 0 saturated heterocycles. The predicted octanol–water partition coefficient (Wildman–Crippen LogP) is 1.52. The van der Waals surface area contributed by atoms with Gasteiger partial charge in [0.25, 0.3) is 5.91 Å². The summed E-state index contributed by atoms with van der Waals surface area (Å²) in [5, 5.41) is 9.26. The summed E-state index contributed by atoms with van der Waals surface area (Å²) in [6, 6.07) is 3.53. The lowest BCUT2D eigenvalue weighted by atomic mass is 10.2. The third-order valence-corrected chi connectivity index (χ3v) is 2.95. The van der Waals surface area contributed by atoms with Crippen molar-refractivity contribution in [2.45, 2.75) is 40.4 Å². The molecule has 0 saturated carbocycles. The normalized spacial score (nSPS) is 12.1. The van der Waals surface area contributed by atoms with Gasteiger partial charge in [-0.05, 0) is 39.8 Å². The van der Waals surface area contributed by atoms with Crippen LogP contribution in [-0.2, 0) is 11.4 Å². The number of carbonyl (C=O) groups excluding carboxylic acids is 1. The molecule has 106 valence electrons. The van der Waals surface area contributed by atoms with Crippen molar-refractivity contribution in [3.8, 4) is 5.75 Å². The number of amides is 1. The monoisotopic (exact) mass is 266 g/mol. The van der Waals surface area contributed by atoms with Crippen molar-refractivity contribution in [3.05, 3.63) is 23.5 Å². The number of carbonyl (C=O) groups is 1. The Bertz CT molecular complexity index is 431. The quantitative estimate of drug-likeness (QED) is 0.848. The number of aliphatic hydroxyl groups is 1. The van der Waals surface area contributed by atoms with Crippen LogP contribution in [0.4, 0.5) is 0 Å². The molecule has 0 aliphatic rings. The Hall–Kier alpha value is -1.62. The first-order valence-corrected chi connectivity index (χ1v) is 6.56. The molecule has 0 bridgehead atoms. The lowest BCUT2D eigenvalue weighted by molar-refractivity contribution is -0.137. The first-order valence-electron chi connectivity index (χ1n) is 6.56. The van der Waals surface area contributed by atoms with Crippen LogP contribution in [0.25, 0.3) is 0 Å². The minimum absolute atomic E-state index is 0.0607. The van der Waals surface area contributed by atoms with Gasteiger partial charge >= 0.3 is 0 Å². The zero-order valence-electron chi connectivity index (χ0n) is 12.0. The molecule has 1 heterocycles. The van der Waals surface area contributed by atoms with E-state index in [0.717, 1.165) is 5.69 Å². The van der Waals surface area contributed by atoms with Crippen LogP contribution in [-0.4, -0.2) is 40.1 Å². The maximum Gasteiger partial charge on any atom is 0.263 e. The average molecular weight is 266 g/mol. The number of aliphatic hydroxyl groups excluding tert-OH is 1. The van der Waals surface area contributed by atoms with Crippen LogP contribution in [0.5, 0.6) is 5.75 Å². The van der Waals surface area contributed by atoms with Gasteiger partial charge in [0, 0.05) is 18.8 Å². The second-order valence-electron chi connectivity index (χ2n) is 4.33. The lowest BCUT2D eigenvalue weighted by Crippen LogP contribution is -2.40. The van der Waals surface area contributed by atoms with Crippen LogP contribution in [0.2, 0.25) is 0 Å². The van der Waals surface area contributed by atoms with Gasteiger partial charge in [-0.2, -0.15) is 0 Å². The van der Waals surface area contributed by atoms with Gasteiger partial charge in [0.2, 0.25) is 0 Å². The fraction of sp³-hybridized carbons (Fsp3) is 0.571. The topological polar surface area (TPSA) is 62.7 Å². The molecule has 19 heavy (non-hydrogen) atoms. The number of nitrogens with zero attached hydrogens (tertiary/aromatic N) is 2. The van der Waals surface area contributed by atoms with Gasteiger partial charge < -0.3 is 14.7 Å². The Labute approximate surface area is 114 Å². The number of rotatable bonds is 6. The number of aryl methyl sites for hydroxylation is 1. The number of ether oxygens (including phenoxy) is 1. The molecule has 1 unspecified atom stereocenters. The van der Waals surface area contributed by atoms with Crippen molar-refractivity contribution in [1.29, 1.82) is 0 Å². The molecule has 1 rings (SSSR count). The molecule has 0 fully saturated rings. The molecule has 1 aromatic rings. The van der Waals surface area contributed by atoms with Crippen molar-refractivity contribution >= 4 is 5.91 Å². The first kappa shape index (κ1) is 15.4. The second-order valence-corrected chi connectivity index (χ2v) is 4.33. The van der Waals surface area contributed by atoms with Gasteiger partial charge in [-0.25, -0.2) is 0 Å². The molecule has 1 aromatic heterocycles. The highest BCUT2D eigenvalue weighted by atomic mass is 16.5. The second kappa shape index (κ2) is 7.09. The van der Waals surface area contributed by atoms with E-state index >= 15 is 0 Å². The van der Waals surface area contributed by atoms with Crippen molar-refractivity contribution in [2.24, 2.45) is 0 Å². The Balaban J connectivity index is 2.81. The Kier molecular flexibility index (Phi) is 5.76. The van der Waals surface area contributed by atoms with E-state index in [1.807, 2.05) is 20.8 Å². The third kappa shape index (κ3) is 3.92. The fourth-order valence-corrected chi connectivity index (χ4v) is 1.85. The molecule has 5 nitrogen and oxygen atoms in total. The molecule has 1 amide bonds. The predicted molar refractivity (Wildman–Crippen MR) is 72.9 cm³/mol. The lowest BCUT2D eigenvalue weighted by Gasteiger charge is -2.23. The van der Waals surface area contributed by atoms with Crippen LogP contribution in [0.3, 0.4) is 0 Å². The van der Waals surface area contributed by atoms with Crippen LogP contribution < -0.4 is 4.74 Å². The van der Waals surface area contributed by atoms with Crippen LogP contribution in [0.15, 0.2) is 12.1 Å². The van der Waals surface area contributed by atoms with E-state index in [0.29, 0.717) is 24.5 Å². The summed E-state index contributed by atoms with van der Waals surface area (Å²) in [7, 11) is 0. The minimum Gasteiger partial charge on any atom is -0.479 e. The van der Waals surface area contributed by atoms with Gasteiger partial charge in [-0.3, -0.25) is 9.78 Å². The molecular formula is C14H22N2O3. The summed E-state index contributed by atoms with van der Waals surface area (Å²) in [6.07, 6.45) is -0.588. The molecular weight excluding hydrogens is 244 g/mol. The maximum atomic E-state index is 12.1. The van der Waals surface area contributed by atoms with E-state index in [9.17, 15) is 9.90 Å². The summed E-state index contributed by atoms with van der Waals surface area (Å²) in [4.78, 5) is 18.0. The number of hydrogen-bond acceptors (Lipinski definition) is 4. The standard InChI is InChI=1S/C14H22N2O3/c1-5-16(6-2)14(18)11(4)19-13-8-7-10(3)15-12(13)9-17/h7-8,11,17H,5-6,9H2,1-4H3. The molecule has 0 aliphatic carbocycles. The van der Waals surface area contributed by atoms with E-state index in [-0.39, 0.29) is 12.5 Å². The van der Waals surface area contributed by atoms with E-state index in [1.165, 1.54) is 0 Å². The maximum absolute atomic E-state index is 12.1. The van der Waals surface area contributed by atoms with E-state index < -0.39 is 6.10 Å². The summed E-state index contributed by atoms with van der Waals surface area (Å²) < 4.78 is 5.62. The summed E-state index contributed by atoms with van der Waals surface area (Å²) in [5.41, 5.74) is 1.26. The van der Waals surface area contributed by atoms with E-state index in [1.54, 1.807) is 24.0 Å². The van der Waals surface area contributed by atoms with Gasteiger partial charge in [-0.15, -0.1) is 0 Å². The number of pyridine rings is 1. The largest absolute Gasteiger partial charge is 0.479 e. The first-order chi connectivity index (χ1) is 9.03. The summed E-state index contributed by atoms with van der Waals surface area (Å²) >= 11 is 0. The molecule has 0 radical (unpaired) electrons. The van der Waals surface area contributed by atoms with Crippen molar-refractivity contribution in [1.82, 2.24) is 9.88 Å². The molecule has 5 heteroatoms. The van der Waals surface area contributed by atoms with Crippen molar-refractivity contribution < 1.29 is 14.6 Å². The van der Waals surface area contributed by atoms with Gasteiger partial charge in [0.1, 0.15) is 11.4 Å². The molecule has 0 spiro atoms. The fourth-order valence-electron chi connectivity index (χ4n) is 1.85. The molecule has 1 N–H and O–H groups in total. The molecule has 0 aromatic carbocycles. The zero-order valence-corrected chi connectivity index (χ0v) is 12.0. The van der Waals surface area contributed by atoms with E-state index in [4.69, 9.17) is 4.74 Å². The van der Waals surface area contributed by atoms with Crippen LogP contribution >= 0.6 is 0 Å². The molecule has 0 aliphatic heterocycles. The Morgan fingerprint density at radius 2 is 2.05 bits per heavy atom. The highest BCUT2D eigenvalue weighted by Gasteiger charge is 2.20. The van der Waals surface area contributed by atoms with Gasteiger partial charge in [0.15, 0.2) is 6.10 Å². The zero-order chi connectivity index (χ0) is 14.4. The highest BCUT2D eigenvalue weighted by molar-refractivity contribution is 5.80. The number of aromatic nitrogens is 1. The smallest absolute Gasteiger partial charge is 0.263 e. The number of hydrogen-bond donors (Lipinski definition) is 1. The SMILES string of the molecule is CCN(CC)C(=O)C(C)Oc1ccc(C)nc1CO. The average Bonchev–Trinajstić information content (AvgIpc) is 2.41. The van der Waals surface area contributed by atoms with Crippen molar-refractivity contribution in [2.75, 3.05) is 13.1 Å². The summed E-state index contributed by atoms with van der Waals surface area (Å²) in [6.45, 7) is 8.52. The van der Waals surface area contributed by atoms with Crippen LogP contribution in [0.1, 0.15) is 32.2 Å². The third-order valence-electron chi connectivity index (χ3n) is 2.95. The Morgan fingerprint density at radius 3 is 2.58 bits per heavy atom. The van der Waals surface area contributed by atoms with Crippen LogP contribution in [0, 0.1) is 6.92 Å².